The predicted molar refractivity (Wildman–Crippen MR) is 99.9 cm³/mol. The zero-order valence-corrected chi connectivity index (χ0v) is 16.2. The Kier molecular flexibility index (Phi) is 4.63. The summed E-state index contributed by atoms with van der Waals surface area (Å²) in [5.41, 5.74) is 0.552. The van der Waals surface area contributed by atoms with Gasteiger partial charge < -0.3 is 19.5 Å². The molecule has 3 heterocycles. The largest absolute Gasteiger partial charge is 0.379 e. The lowest BCUT2D eigenvalue weighted by Gasteiger charge is -2.35. The maximum atomic E-state index is 12.6. The molecule has 8 nitrogen and oxygen atoms in total. The molecule has 1 unspecified atom stereocenters. The van der Waals surface area contributed by atoms with Gasteiger partial charge in [0.15, 0.2) is 5.69 Å². The lowest BCUT2D eigenvalue weighted by molar-refractivity contribution is -0.135. The second kappa shape index (κ2) is 7.15. The fraction of sp³-hybridized carbons (Fsp3) is 0.750. The number of piperidine rings is 1. The normalized spacial score (nSPS) is 27.0. The highest BCUT2D eigenvalue weighted by Gasteiger charge is 2.56. The van der Waals surface area contributed by atoms with Crippen molar-refractivity contribution in [2.75, 3.05) is 45.9 Å². The molecule has 4 fully saturated rings. The third-order valence-corrected chi connectivity index (χ3v) is 6.81. The standard InChI is InChI=1S/C20H28N4O4/c25-18(13-23-7-9-27-10-8-23)24-5-3-20(4-6-24)12-17(20)21-19(26)15-11-16(28-22-15)14-1-2-14/h11,14,17H,1-10,12-13H2,(H,21,26). The molecule has 28 heavy (non-hydrogen) atoms. The van der Waals surface area contributed by atoms with E-state index in [4.69, 9.17) is 9.26 Å². The number of hydrogen-bond donors (Lipinski definition) is 1. The summed E-state index contributed by atoms with van der Waals surface area (Å²) in [4.78, 5) is 29.2. The van der Waals surface area contributed by atoms with E-state index in [2.05, 4.69) is 15.4 Å². The lowest BCUT2D eigenvalue weighted by atomic mass is 9.92. The van der Waals surface area contributed by atoms with Crippen molar-refractivity contribution < 1.29 is 18.8 Å². The van der Waals surface area contributed by atoms with Gasteiger partial charge in [0.25, 0.3) is 5.91 Å². The molecule has 2 amide bonds. The maximum Gasteiger partial charge on any atom is 0.273 e. The van der Waals surface area contributed by atoms with Crippen LogP contribution in [0.4, 0.5) is 0 Å². The van der Waals surface area contributed by atoms with Crippen LogP contribution in [0.25, 0.3) is 0 Å². The Morgan fingerprint density at radius 2 is 1.93 bits per heavy atom. The molecule has 2 aliphatic heterocycles. The molecule has 0 radical (unpaired) electrons. The number of hydrogen-bond acceptors (Lipinski definition) is 6. The zero-order chi connectivity index (χ0) is 19.1. The molecule has 1 aromatic rings. The van der Waals surface area contributed by atoms with E-state index in [1.165, 1.54) is 0 Å². The molecule has 0 bridgehead atoms. The van der Waals surface area contributed by atoms with Gasteiger partial charge in [-0.2, -0.15) is 0 Å². The Balaban J connectivity index is 1.09. The molecule has 1 spiro atoms. The lowest BCUT2D eigenvalue weighted by Crippen LogP contribution is -2.48. The van der Waals surface area contributed by atoms with E-state index in [1.54, 1.807) is 6.07 Å². The highest BCUT2D eigenvalue weighted by atomic mass is 16.5. The number of amides is 2. The first-order valence-electron chi connectivity index (χ1n) is 10.5. The molecular formula is C20H28N4O4. The number of ether oxygens (including phenoxy) is 1. The molecule has 1 atom stereocenters. The van der Waals surface area contributed by atoms with Crippen molar-refractivity contribution in [2.24, 2.45) is 5.41 Å². The molecule has 8 heteroatoms. The Labute approximate surface area is 164 Å². The van der Waals surface area contributed by atoms with Gasteiger partial charge in [-0.05, 0) is 37.5 Å². The predicted octanol–water partition coefficient (Wildman–Crippen LogP) is 0.995. The number of morpholine rings is 1. The average molecular weight is 388 g/mol. The van der Waals surface area contributed by atoms with Gasteiger partial charge in [-0.1, -0.05) is 5.16 Å². The van der Waals surface area contributed by atoms with Crippen molar-refractivity contribution in [3.63, 3.8) is 0 Å². The minimum Gasteiger partial charge on any atom is -0.379 e. The highest BCUT2D eigenvalue weighted by molar-refractivity contribution is 5.92. The summed E-state index contributed by atoms with van der Waals surface area (Å²) in [6.45, 7) is 5.16. The molecule has 2 saturated carbocycles. The van der Waals surface area contributed by atoms with Crippen LogP contribution >= 0.6 is 0 Å². The second-order valence-corrected chi connectivity index (χ2v) is 8.75. The number of aromatic nitrogens is 1. The van der Waals surface area contributed by atoms with Crippen LogP contribution < -0.4 is 5.32 Å². The fourth-order valence-corrected chi connectivity index (χ4v) is 4.55. The van der Waals surface area contributed by atoms with Crippen molar-refractivity contribution in [3.8, 4) is 0 Å². The first-order valence-corrected chi connectivity index (χ1v) is 10.5. The molecule has 4 aliphatic rings. The number of carbonyl (C=O) groups excluding carboxylic acids is 2. The third kappa shape index (κ3) is 3.67. The van der Waals surface area contributed by atoms with E-state index in [9.17, 15) is 9.59 Å². The minimum absolute atomic E-state index is 0.136. The van der Waals surface area contributed by atoms with Gasteiger partial charge >= 0.3 is 0 Å². The van der Waals surface area contributed by atoms with E-state index in [1.807, 2.05) is 4.90 Å². The Hall–Kier alpha value is -1.93. The third-order valence-electron chi connectivity index (χ3n) is 6.81. The number of rotatable bonds is 5. The van der Waals surface area contributed by atoms with E-state index < -0.39 is 0 Å². The van der Waals surface area contributed by atoms with Crippen LogP contribution in [0.3, 0.4) is 0 Å². The van der Waals surface area contributed by atoms with Crippen LogP contribution in [0.2, 0.25) is 0 Å². The van der Waals surface area contributed by atoms with Crippen LogP contribution in [0.5, 0.6) is 0 Å². The van der Waals surface area contributed by atoms with Gasteiger partial charge in [0, 0.05) is 44.2 Å². The molecule has 1 N–H and O–H groups in total. The van der Waals surface area contributed by atoms with Crippen molar-refractivity contribution >= 4 is 11.8 Å². The summed E-state index contributed by atoms with van der Waals surface area (Å²) in [5, 5.41) is 7.06. The first kappa shape index (κ1) is 18.1. The van der Waals surface area contributed by atoms with Crippen LogP contribution in [0, 0.1) is 5.41 Å². The van der Waals surface area contributed by atoms with E-state index in [0.29, 0.717) is 31.4 Å². The smallest absolute Gasteiger partial charge is 0.273 e. The van der Waals surface area contributed by atoms with Crippen LogP contribution in [-0.4, -0.2) is 78.8 Å². The molecule has 5 rings (SSSR count). The second-order valence-electron chi connectivity index (χ2n) is 8.75. The van der Waals surface area contributed by atoms with Gasteiger partial charge in [-0.15, -0.1) is 0 Å². The van der Waals surface area contributed by atoms with Crippen molar-refractivity contribution in [1.82, 2.24) is 20.3 Å². The highest BCUT2D eigenvalue weighted by Crippen LogP contribution is 2.54. The van der Waals surface area contributed by atoms with Crippen molar-refractivity contribution in [2.45, 2.75) is 44.1 Å². The monoisotopic (exact) mass is 388 g/mol. The summed E-state index contributed by atoms with van der Waals surface area (Å²) in [7, 11) is 0. The SMILES string of the molecule is O=C(NC1CC12CCN(C(=O)CN1CCOCC1)CC2)c1cc(C2CC2)on1. The van der Waals surface area contributed by atoms with Crippen LogP contribution in [0.1, 0.15) is 54.3 Å². The fourth-order valence-electron chi connectivity index (χ4n) is 4.55. The Morgan fingerprint density at radius 3 is 2.64 bits per heavy atom. The van der Waals surface area contributed by atoms with Crippen molar-refractivity contribution in [3.05, 3.63) is 17.5 Å². The van der Waals surface area contributed by atoms with Gasteiger partial charge in [0.2, 0.25) is 5.91 Å². The van der Waals surface area contributed by atoms with Crippen molar-refractivity contribution in [1.29, 1.82) is 0 Å². The molecule has 2 saturated heterocycles. The molecule has 152 valence electrons. The molecule has 2 aliphatic carbocycles. The Bertz CT molecular complexity index is 745. The topological polar surface area (TPSA) is 87.9 Å². The van der Waals surface area contributed by atoms with Crippen LogP contribution in [0.15, 0.2) is 10.6 Å². The maximum absolute atomic E-state index is 12.6. The number of carbonyl (C=O) groups is 2. The van der Waals surface area contributed by atoms with E-state index in [0.717, 1.165) is 64.0 Å². The van der Waals surface area contributed by atoms with Crippen LogP contribution in [-0.2, 0) is 9.53 Å². The van der Waals surface area contributed by atoms with Gasteiger partial charge in [-0.25, -0.2) is 0 Å². The molecular weight excluding hydrogens is 360 g/mol. The summed E-state index contributed by atoms with van der Waals surface area (Å²) < 4.78 is 10.6. The minimum atomic E-state index is -0.136. The quantitative estimate of drug-likeness (QED) is 0.810. The molecule has 0 aromatic carbocycles. The average Bonchev–Trinajstić information content (AvgIpc) is 3.61. The Morgan fingerprint density at radius 1 is 1.18 bits per heavy atom. The zero-order valence-electron chi connectivity index (χ0n) is 16.2. The summed E-state index contributed by atoms with van der Waals surface area (Å²) in [5.74, 6) is 1.37. The number of nitrogens with zero attached hydrogens (tertiary/aromatic N) is 3. The summed E-state index contributed by atoms with van der Waals surface area (Å²) in [6.07, 6.45) is 5.17. The van der Waals surface area contributed by atoms with Gasteiger partial charge in [0.1, 0.15) is 5.76 Å². The van der Waals surface area contributed by atoms with E-state index in [-0.39, 0.29) is 23.3 Å². The molecule has 1 aromatic heterocycles. The number of nitrogens with one attached hydrogen (secondary N) is 1. The number of likely N-dealkylation sites (tertiary alicyclic amines) is 1. The van der Waals surface area contributed by atoms with E-state index >= 15 is 0 Å². The summed E-state index contributed by atoms with van der Waals surface area (Å²) >= 11 is 0. The van der Waals surface area contributed by atoms with Gasteiger partial charge in [-0.3, -0.25) is 14.5 Å². The first-order chi connectivity index (χ1) is 13.6. The van der Waals surface area contributed by atoms with Gasteiger partial charge in [0.05, 0.1) is 19.8 Å². The summed E-state index contributed by atoms with van der Waals surface area (Å²) in [6, 6.07) is 1.98.